The van der Waals surface area contributed by atoms with Gasteiger partial charge in [-0.1, -0.05) is 34.8 Å². The highest BCUT2D eigenvalue weighted by Gasteiger charge is 2.14. The molecule has 20 heavy (non-hydrogen) atoms. The van der Waals surface area contributed by atoms with Gasteiger partial charge in [0.05, 0.1) is 15.9 Å². The number of carbonyl (C=O) groups excluding carboxylic acids is 1. The largest absolute Gasteiger partial charge is 0.294 e. The van der Waals surface area contributed by atoms with Gasteiger partial charge in [0.15, 0.2) is 5.78 Å². The summed E-state index contributed by atoms with van der Waals surface area (Å²) in [5.41, 5.74) is 0.493. The maximum Gasteiger partial charge on any atom is 0.178 e. The van der Waals surface area contributed by atoms with Crippen molar-refractivity contribution in [3.63, 3.8) is 0 Å². The monoisotopic (exact) mass is 347 g/mol. The smallest absolute Gasteiger partial charge is 0.178 e. The second-order valence-corrected chi connectivity index (χ2v) is 7.07. The molecule has 0 fully saturated rings. The molecule has 106 valence electrons. The second-order valence-electron chi connectivity index (χ2n) is 4.43. The van der Waals surface area contributed by atoms with E-state index >= 15 is 0 Å². The van der Waals surface area contributed by atoms with E-state index < -0.39 is 0 Å². The fourth-order valence-corrected chi connectivity index (χ4v) is 3.49. The number of hydrogen-bond acceptors (Lipinski definition) is 3. The van der Waals surface area contributed by atoms with Crippen LogP contribution in [0.5, 0.6) is 0 Å². The number of rotatable bonds is 5. The molecule has 0 atom stereocenters. The van der Waals surface area contributed by atoms with Gasteiger partial charge >= 0.3 is 0 Å². The summed E-state index contributed by atoms with van der Waals surface area (Å²) < 4.78 is 0.750. The lowest BCUT2D eigenvalue weighted by Gasteiger charge is -2.15. The molecule has 0 saturated heterocycles. The highest BCUT2D eigenvalue weighted by Crippen LogP contribution is 2.24. The minimum Gasteiger partial charge on any atom is -0.294 e. The van der Waals surface area contributed by atoms with Crippen molar-refractivity contribution in [2.45, 2.75) is 6.54 Å². The molecule has 0 aliphatic carbocycles. The molecule has 1 aromatic heterocycles. The molecular formula is C14H12Cl3NOS. The first-order valence-corrected chi connectivity index (χ1v) is 7.82. The number of benzene rings is 1. The van der Waals surface area contributed by atoms with Crippen LogP contribution in [0.3, 0.4) is 0 Å². The van der Waals surface area contributed by atoms with E-state index in [4.69, 9.17) is 34.8 Å². The Hall–Kier alpha value is -0.580. The van der Waals surface area contributed by atoms with Gasteiger partial charge in [-0.25, -0.2) is 0 Å². The van der Waals surface area contributed by atoms with Gasteiger partial charge in [-0.05, 0) is 37.4 Å². The van der Waals surface area contributed by atoms with Crippen molar-refractivity contribution in [2.24, 2.45) is 0 Å². The topological polar surface area (TPSA) is 20.3 Å². The molecule has 0 aliphatic rings. The van der Waals surface area contributed by atoms with Gasteiger partial charge < -0.3 is 0 Å². The van der Waals surface area contributed by atoms with E-state index in [0.29, 0.717) is 22.2 Å². The zero-order valence-corrected chi connectivity index (χ0v) is 13.8. The van der Waals surface area contributed by atoms with Crippen LogP contribution in [-0.2, 0) is 6.54 Å². The molecule has 0 spiro atoms. The van der Waals surface area contributed by atoms with Crippen molar-refractivity contribution in [1.29, 1.82) is 0 Å². The number of halogens is 3. The Morgan fingerprint density at radius 1 is 1.20 bits per heavy atom. The maximum atomic E-state index is 12.2. The highest BCUT2D eigenvalue weighted by atomic mass is 35.5. The molecule has 1 aromatic carbocycles. The third-order valence-corrected chi connectivity index (χ3v) is 4.46. The first-order valence-electron chi connectivity index (χ1n) is 5.86. The number of thiophene rings is 1. The lowest BCUT2D eigenvalue weighted by Crippen LogP contribution is -2.25. The fourth-order valence-electron chi connectivity index (χ4n) is 1.80. The van der Waals surface area contributed by atoms with E-state index in [9.17, 15) is 4.79 Å². The average molecular weight is 349 g/mol. The summed E-state index contributed by atoms with van der Waals surface area (Å²) in [4.78, 5) is 15.2. The van der Waals surface area contributed by atoms with Crippen molar-refractivity contribution in [3.8, 4) is 0 Å². The number of likely N-dealkylation sites (N-methyl/N-ethyl adjacent to an activating group) is 1. The van der Waals surface area contributed by atoms with Crippen LogP contribution in [0.4, 0.5) is 0 Å². The summed E-state index contributed by atoms with van der Waals surface area (Å²) >= 11 is 19.2. The van der Waals surface area contributed by atoms with Crippen molar-refractivity contribution >= 4 is 51.9 Å². The molecule has 0 bridgehead atoms. The van der Waals surface area contributed by atoms with Gasteiger partial charge in [0, 0.05) is 22.0 Å². The molecule has 2 aromatic rings. The Balaban J connectivity index is 2.00. The van der Waals surface area contributed by atoms with E-state index in [1.807, 2.05) is 24.1 Å². The molecule has 0 saturated carbocycles. The third kappa shape index (κ3) is 4.21. The Bertz CT molecular complexity index is 627. The fraction of sp³-hybridized carbons (Fsp3) is 0.214. The maximum absolute atomic E-state index is 12.2. The van der Waals surface area contributed by atoms with Gasteiger partial charge in [-0.3, -0.25) is 9.69 Å². The summed E-state index contributed by atoms with van der Waals surface area (Å²) in [6.07, 6.45) is 0. The molecular weight excluding hydrogens is 337 g/mol. The summed E-state index contributed by atoms with van der Waals surface area (Å²) in [7, 11) is 1.88. The van der Waals surface area contributed by atoms with Crippen LogP contribution >= 0.6 is 46.1 Å². The number of Topliss-reactive ketones (excluding diaryl/α,β-unsaturated/α-hetero) is 1. The van der Waals surface area contributed by atoms with E-state index in [-0.39, 0.29) is 12.3 Å². The van der Waals surface area contributed by atoms with Crippen molar-refractivity contribution in [1.82, 2.24) is 4.90 Å². The molecule has 0 unspecified atom stereocenters. The van der Waals surface area contributed by atoms with Crippen LogP contribution < -0.4 is 0 Å². The molecule has 0 aliphatic heterocycles. The Kier molecular flexibility index (Phi) is 5.47. The lowest BCUT2D eigenvalue weighted by atomic mass is 10.1. The van der Waals surface area contributed by atoms with Crippen LogP contribution in [0, 0.1) is 0 Å². The minimum absolute atomic E-state index is 0.0307. The van der Waals surface area contributed by atoms with Crippen LogP contribution in [-0.4, -0.2) is 24.3 Å². The standard InChI is InChI=1S/C14H12Cl3NOS/c1-18(7-10-3-5-14(17)20-10)8-13(19)11-4-2-9(15)6-12(11)16/h2-6H,7-8H2,1H3. The van der Waals surface area contributed by atoms with Crippen LogP contribution in [0.15, 0.2) is 30.3 Å². The molecule has 0 radical (unpaired) electrons. The van der Waals surface area contributed by atoms with Gasteiger partial charge in [-0.15, -0.1) is 11.3 Å². The third-order valence-electron chi connectivity index (χ3n) is 2.70. The Labute approximate surface area is 136 Å². The van der Waals surface area contributed by atoms with Crippen LogP contribution in [0.25, 0.3) is 0 Å². The summed E-state index contributed by atoms with van der Waals surface area (Å²) in [6.45, 7) is 0.963. The minimum atomic E-state index is -0.0307. The Morgan fingerprint density at radius 2 is 1.95 bits per heavy atom. The summed E-state index contributed by atoms with van der Waals surface area (Å²) in [6, 6.07) is 8.72. The van der Waals surface area contributed by atoms with Crippen molar-refractivity contribution in [3.05, 3.63) is 55.2 Å². The van der Waals surface area contributed by atoms with Gasteiger partial charge in [0.2, 0.25) is 0 Å². The predicted octanol–water partition coefficient (Wildman–Crippen LogP) is 5.02. The van der Waals surface area contributed by atoms with Crippen LogP contribution in [0.2, 0.25) is 14.4 Å². The number of nitrogens with zero attached hydrogens (tertiary/aromatic N) is 1. The van der Waals surface area contributed by atoms with Crippen LogP contribution in [0.1, 0.15) is 15.2 Å². The van der Waals surface area contributed by atoms with E-state index in [2.05, 4.69) is 0 Å². The van der Waals surface area contributed by atoms with E-state index in [0.717, 1.165) is 9.21 Å². The van der Waals surface area contributed by atoms with E-state index in [1.54, 1.807) is 18.2 Å². The number of ketones is 1. The van der Waals surface area contributed by atoms with E-state index in [1.165, 1.54) is 11.3 Å². The second kappa shape index (κ2) is 6.92. The quantitative estimate of drug-likeness (QED) is 0.707. The predicted molar refractivity (Wildman–Crippen MR) is 86.5 cm³/mol. The molecule has 0 N–H and O–H groups in total. The number of carbonyl (C=O) groups is 1. The molecule has 1 heterocycles. The first kappa shape index (κ1) is 15.8. The van der Waals surface area contributed by atoms with Gasteiger partial charge in [0.25, 0.3) is 0 Å². The number of hydrogen-bond donors (Lipinski definition) is 0. The first-order chi connectivity index (χ1) is 9.45. The molecule has 2 rings (SSSR count). The van der Waals surface area contributed by atoms with Crippen molar-refractivity contribution < 1.29 is 4.79 Å². The zero-order chi connectivity index (χ0) is 14.7. The zero-order valence-electron chi connectivity index (χ0n) is 10.7. The Morgan fingerprint density at radius 3 is 2.55 bits per heavy atom. The van der Waals surface area contributed by atoms with Crippen molar-refractivity contribution in [2.75, 3.05) is 13.6 Å². The normalized spacial score (nSPS) is 11.1. The molecule has 6 heteroatoms. The lowest BCUT2D eigenvalue weighted by molar-refractivity contribution is 0.0943. The average Bonchev–Trinajstić information content (AvgIpc) is 2.74. The molecule has 0 amide bonds. The SMILES string of the molecule is CN(CC(=O)c1ccc(Cl)cc1Cl)Cc1ccc(Cl)s1. The summed E-state index contributed by atoms with van der Waals surface area (Å²) in [5.74, 6) is -0.0307. The molecule has 2 nitrogen and oxygen atoms in total. The van der Waals surface area contributed by atoms with Gasteiger partial charge in [-0.2, -0.15) is 0 Å². The van der Waals surface area contributed by atoms with Gasteiger partial charge in [0.1, 0.15) is 0 Å². The highest BCUT2D eigenvalue weighted by molar-refractivity contribution is 7.16. The summed E-state index contributed by atoms with van der Waals surface area (Å²) in [5, 5.41) is 0.906.